The quantitative estimate of drug-likeness (QED) is 0.804. The number of carbonyl (C=O) groups is 1. The van der Waals surface area contributed by atoms with E-state index < -0.39 is 5.82 Å². The highest BCUT2D eigenvalue weighted by molar-refractivity contribution is 5.92. The second-order valence-corrected chi connectivity index (χ2v) is 7.21. The molecule has 1 fully saturated rings. The first-order valence-corrected chi connectivity index (χ1v) is 9.53. The molecule has 2 heterocycles. The summed E-state index contributed by atoms with van der Waals surface area (Å²) in [6.45, 7) is 5.79. The molecule has 0 bridgehead atoms. The molecule has 2 N–H and O–H groups in total. The number of hydrogen-bond donors (Lipinski definition) is 2. The summed E-state index contributed by atoms with van der Waals surface area (Å²) < 4.78 is 13.6. The molecular formula is C21H26ClFN4O. The largest absolute Gasteiger partial charge is 0.384 e. The van der Waals surface area contributed by atoms with Crippen molar-refractivity contribution in [2.75, 3.05) is 49.9 Å². The molecule has 0 spiro atoms. The summed E-state index contributed by atoms with van der Waals surface area (Å²) >= 11 is 0. The van der Waals surface area contributed by atoms with Gasteiger partial charge in [0.1, 0.15) is 5.82 Å². The Morgan fingerprint density at radius 3 is 2.57 bits per heavy atom. The summed E-state index contributed by atoms with van der Waals surface area (Å²) in [5, 5.41) is 6.16. The fourth-order valence-electron chi connectivity index (χ4n) is 3.84. The molecule has 0 radical (unpaired) electrons. The van der Waals surface area contributed by atoms with Crippen molar-refractivity contribution in [2.45, 2.75) is 13.0 Å². The summed E-state index contributed by atoms with van der Waals surface area (Å²) in [6.07, 6.45) is 1.11. The minimum absolute atomic E-state index is 0. The van der Waals surface area contributed by atoms with Gasteiger partial charge in [-0.15, -0.1) is 12.4 Å². The average molecular weight is 405 g/mol. The van der Waals surface area contributed by atoms with Crippen LogP contribution < -0.4 is 10.6 Å². The fourth-order valence-corrected chi connectivity index (χ4v) is 3.84. The minimum atomic E-state index is -0.403. The van der Waals surface area contributed by atoms with Crippen LogP contribution in [0.2, 0.25) is 0 Å². The third-order valence-electron chi connectivity index (χ3n) is 5.31. The number of halogens is 2. The molecule has 2 aliphatic rings. The van der Waals surface area contributed by atoms with Gasteiger partial charge in [0.25, 0.3) is 0 Å². The Bertz CT molecular complexity index is 824. The van der Waals surface area contributed by atoms with Crippen LogP contribution in [-0.4, -0.2) is 55.0 Å². The summed E-state index contributed by atoms with van der Waals surface area (Å²) in [7, 11) is 0. The van der Waals surface area contributed by atoms with Gasteiger partial charge in [-0.3, -0.25) is 14.6 Å². The van der Waals surface area contributed by atoms with Crippen molar-refractivity contribution in [1.82, 2.24) is 9.80 Å². The molecule has 1 amide bonds. The number of nitrogens with zero attached hydrogens (tertiary/aromatic N) is 2. The topological polar surface area (TPSA) is 47.6 Å². The van der Waals surface area contributed by atoms with E-state index >= 15 is 0 Å². The SMILES string of the molecule is Cl.O=C(CN1CCN(Cc2cccc3c2NCC3)CC1)Nc1ccccc1F. The van der Waals surface area contributed by atoms with E-state index in [2.05, 4.69) is 38.6 Å². The van der Waals surface area contributed by atoms with Gasteiger partial charge in [-0.2, -0.15) is 0 Å². The van der Waals surface area contributed by atoms with Crippen LogP contribution >= 0.6 is 12.4 Å². The monoisotopic (exact) mass is 404 g/mol. The molecule has 150 valence electrons. The molecule has 7 heteroatoms. The lowest BCUT2D eigenvalue weighted by Crippen LogP contribution is -2.48. The van der Waals surface area contributed by atoms with Crippen molar-refractivity contribution in [2.24, 2.45) is 0 Å². The highest BCUT2D eigenvalue weighted by Gasteiger charge is 2.21. The first kappa shape index (κ1) is 20.6. The van der Waals surface area contributed by atoms with Crippen LogP contribution in [0.1, 0.15) is 11.1 Å². The summed E-state index contributed by atoms with van der Waals surface area (Å²) in [5.74, 6) is -0.571. The number of piperazine rings is 1. The number of para-hydroxylation sites is 2. The van der Waals surface area contributed by atoms with Crippen LogP contribution in [0.5, 0.6) is 0 Å². The van der Waals surface area contributed by atoms with Gasteiger partial charge < -0.3 is 10.6 Å². The smallest absolute Gasteiger partial charge is 0.238 e. The van der Waals surface area contributed by atoms with Gasteiger partial charge in [0.05, 0.1) is 12.2 Å². The summed E-state index contributed by atoms with van der Waals surface area (Å²) in [6, 6.07) is 12.8. The van der Waals surface area contributed by atoms with Crippen LogP contribution in [0.3, 0.4) is 0 Å². The minimum Gasteiger partial charge on any atom is -0.384 e. The van der Waals surface area contributed by atoms with E-state index in [1.54, 1.807) is 18.2 Å². The van der Waals surface area contributed by atoms with Gasteiger partial charge in [0.15, 0.2) is 0 Å². The number of fused-ring (bicyclic) bond motifs is 1. The third-order valence-corrected chi connectivity index (χ3v) is 5.31. The highest BCUT2D eigenvalue weighted by Crippen LogP contribution is 2.27. The van der Waals surface area contributed by atoms with Crippen LogP contribution in [0.25, 0.3) is 0 Å². The molecule has 2 aromatic rings. The first-order chi connectivity index (χ1) is 13.2. The Kier molecular flexibility index (Phi) is 6.88. The van der Waals surface area contributed by atoms with E-state index in [1.807, 2.05) is 0 Å². The van der Waals surface area contributed by atoms with Gasteiger partial charge in [-0.25, -0.2) is 4.39 Å². The lowest BCUT2D eigenvalue weighted by atomic mass is 10.1. The van der Waals surface area contributed by atoms with Crippen molar-refractivity contribution in [3.05, 3.63) is 59.4 Å². The van der Waals surface area contributed by atoms with E-state index in [4.69, 9.17) is 0 Å². The Hall–Kier alpha value is -2.15. The maximum absolute atomic E-state index is 13.6. The number of rotatable bonds is 5. The molecule has 0 aromatic heterocycles. The molecule has 1 saturated heterocycles. The second-order valence-electron chi connectivity index (χ2n) is 7.21. The molecule has 0 unspecified atom stereocenters. The molecule has 2 aliphatic heterocycles. The van der Waals surface area contributed by atoms with Crippen molar-refractivity contribution < 1.29 is 9.18 Å². The van der Waals surface area contributed by atoms with Gasteiger partial charge in [-0.1, -0.05) is 30.3 Å². The van der Waals surface area contributed by atoms with Crippen molar-refractivity contribution in [1.29, 1.82) is 0 Å². The normalized spacial score (nSPS) is 16.8. The molecule has 5 nitrogen and oxygen atoms in total. The zero-order valence-electron chi connectivity index (χ0n) is 15.8. The molecule has 0 saturated carbocycles. The van der Waals surface area contributed by atoms with Gasteiger partial charge in [-0.05, 0) is 29.7 Å². The van der Waals surface area contributed by atoms with E-state index in [0.717, 1.165) is 45.7 Å². The van der Waals surface area contributed by atoms with Crippen molar-refractivity contribution >= 4 is 29.7 Å². The first-order valence-electron chi connectivity index (χ1n) is 9.53. The lowest BCUT2D eigenvalue weighted by molar-refractivity contribution is -0.117. The van der Waals surface area contributed by atoms with Crippen LogP contribution in [-0.2, 0) is 17.8 Å². The number of benzene rings is 2. The summed E-state index contributed by atoms with van der Waals surface area (Å²) in [5.41, 5.74) is 4.32. The van der Waals surface area contributed by atoms with Gasteiger partial charge in [0, 0.05) is 45.0 Å². The molecule has 2 aromatic carbocycles. The fraction of sp³-hybridized carbons (Fsp3) is 0.381. The molecule has 0 aliphatic carbocycles. The molecule has 28 heavy (non-hydrogen) atoms. The number of nitrogens with one attached hydrogen (secondary N) is 2. The summed E-state index contributed by atoms with van der Waals surface area (Å²) in [4.78, 5) is 16.7. The third kappa shape index (κ3) is 4.82. The van der Waals surface area contributed by atoms with Crippen molar-refractivity contribution in [3.8, 4) is 0 Å². The van der Waals surface area contributed by atoms with Crippen molar-refractivity contribution in [3.63, 3.8) is 0 Å². The maximum Gasteiger partial charge on any atom is 0.238 e. The van der Waals surface area contributed by atoms with Gasteiger partial charge in [0.2, 0.25) is 5.91 Å². The van der Waals surface area contributed by atoms with E-state index in [9.17, 15) is 9.18 Å². The Balaban J connectivity index is 0.00000225. The van der Waals surface area contributed by atoms with Crippen LogP contribution in [0.15, 0.2) is 42.5 Å². The average Bonchev–Trinajstić information content (AvgIpc) is 3.15. The van der Waals surface area contributed by atoms with Crippen LogP contribution in [0.4, 0.5) is 15.8 Å². The number of hydrogen-bond acceptors (Lipinski definition) is 4. The van der Waals surface area contributed by atoms with E-state index in [1.165, 1.54) is 22.9 Å². The predicted octanol–water partition coefficient (Wildman–Crippen LogP) is 2.97. The Morgan fingerprint density at radius 1 is 1.04 bits per heavy atom. The predicted molar refractivity (Wildman–Crippen MR) is 113 cm³/mol. The number of carbonyl (C=O) groups excluding carboxylic acids is 1. The standard InChI is InChI=1S/C21H25FN4O.ClH/c22-18-6-1-2-7-19(18)24-20(27)15-26-12-10-25(11-13-26)14-17-5-3-4-16-8-9-23-21(16)17;/h1-7,23H,8-15H2,(H,24,27);1H. The highest BCUT2D eigenvalue weighted by atomic mass is 35.5. The molecular weight excluding hydrogens is 379 g/mol. The molecule has 0 atom stereocenters. The van der Waals surface area contributed by atoms with Gasteiger partial charge >= 0.3 is 0 Å². The Morgan fingerprint density at radius 2 is 1.79 bits per heavy atom. The Labute approximate surface area is 171 Å². The molecule has 4 rings (SSSR count). The second kappa shape index (κ2) is 9.37. The van der Waals surface area contributed by atoms with Crippen LogP contribution in [0, 0.1) is 5.82 Å². The zero-order chi connectivity index (χ0) is 18.6. The number of anilines is 2. The number of amides is 1. The maximum atomic E-state index is 13.6. The lowest BCUT2D eigenvalue weighted by Gasteiger charge is -2.34. The zero-order valence-corrected chi connectivity index (χ0v) is 16.6. The van der Waals surface area contributed by atoms with E-state index in [0.29, 0.717) is 6.54 Å². The van der Waals surface area contributed by atoms with E-state index in [-0.39, 0.29) is 24.0 Å².